The van der Waals surface area contributed by atoms with E-state index in [1.165, 1.54) is 10.9 Å². The zero-order valence-corrected chi connectivity index (χ0v) is 15.6. The molecule has 1 saturated heterocycles. The molecule has 4 heteroatoms. The van der Waals surface area contributed by atoms with E-state index in [9.17, 15) is 0 Å². The van der Waals surface area contributed by atoms with Crippen molar-refractivity contribution >= 4 is 10.9 Å². The summed E-state index contributed by atoms with van der Waals surface area (Å²) in [6.45, 7) is 7.86. The molecule has 1 fully saturated rings. The van der Waals surface area contributed by atoms with Crippen LogP contribution in [0.3, 0.4) is 0 Å². The largest absolute Gasteiger partial charge is 0.491 e. The topological polar surface area (TPSA) is 46.3 Å². The van der Waals surface area contributed by atoms with Crippen LogP contribution in [-0.4, -0.2) is 30.5 Å². The molecule has 2 unspecified atom stereocenters. The highest BCUT2D eigenvalue weighted by molar-refractivity contribution is 5.84. The van der Waals surface area contributed by atoms with Crippen LogP contribution < -0.4 is 10.1 Å². The van der Waals surface area contributed by atoms with Crippen LogP contribution >= 0.6 is 0 Å². The van der Waals surface area contributed by atoms with Gasteiger partial charge in [0.25, 0.3) is 0 Å². The summed E-state index contributed by atoms with van der Waals surface area (Å²) in [6, 6.07) is 16.5. The first kappa shape index (κ1) is 17.1. The smallest absolute Gasteiger partial charge is 0.122 e. The van der Waals surface area contributed by atoms with Gasteiger partial charge in [-0.25, -0.2) is 0 Å². The van der Waals surface area contributed by atoms with Crippen molar-refractivity contribution in [2.45, 2.75) is 38.5 Å². The van der Waals surface area contributed by atoms with Crippen molar-refractivity contribution in [2.24, 2.45) is 0 Å². The number of hydrogen-bond acceptors (Lipinski definition) is 3. The van der Waals surface area contributed by atoms with Crippen LogP contribution in [0, 0.1) is 6.92 Å². The van der Waals surface area contributed by atoms with E-state index in [1.54, 1.807) is 0 Å². The van der Waals surface area contributed by atoms with Gasteiger partial charge in [0.1, 0.15) is 24.7 Å². The van der Waals surface area contributed by atoms with Gasteiger partial charge in [0.05, 0.1) is 0 Å². The minimum atomic E-state index is -0.156. The van der Waals surface area contributed by atoms with Gasteiger partial charge in [-0.05, 0) is 30.2 Å². The van der Waals surface area contributed by atoms with Crippen molar-refractivity contribution in [3.8, 4) is 5.75 Å². The first-order valence-electron chi connectivity index (χ1n) is 9.19. The van der Waals surface area contributed by atoms with Crippen LogP contribution in [0.5, 0.6) is 5.75 Å². The summed E-state index contributed by atoms with van der Waals surface area (Å²) in [5.74, 6) is 0.926. The molecule has 0 spiro atoms. The van der Waals surface area contributed by atoms with Crippen molar-refractivity contribution < 1.29 is 9.47 Å². The van der Waals surface area contributed by atoms with Crippen molar-refractivity contribution in [3.05, 3.63) is 65.9 Å². The summed E-state index contributed by atoms with van der Waals surface area (Å²) in [4.78, 5) is 3.37. The van der Waals surface area contributed by atoms with Crippen LogP contribution in [0.1, 0.15) is 25.0 Å². The molecule has 2 N–H and O–H groups in total. The van der Waals surface area contributed by atoms with Crippen molar-refractivity contribution in [2.75, 3.05) is 13.2 Å². The number of aryl methyl sites for hydroxylation is 1. The van der Waals surface area contributed by atoms with Gasteiger partial charge in [0.2, 0.25) is 0 Å². The van der Waals surface area contributed by atoms with Crippen molar-refractivity contribution in [1.29, 1.82) is 0 Å². The molecule has 2 aromatic carbocycles. The van der Waals surface area contributed by atoms with E-state index < -0.39 is 0 Å². The Morgan fingerprint density at radius 2 is 1.88 bits per heavy atom. The SMILES string of the molecule is Cc1ccccc1OCC1CNC(C(C)(C)c2c[nH]c3ccccc23)O1. The molecule has 2 atom stereocenters. The molecule has 136 valence electrons. The van der Waals surface area contributed by atoms with Gasteiger partial charge in [-0.1, -0.05) is 50.2 Å². The molecule has 0 aliphatic carbocycles. The van der Waals surface area contributed by atoms with Gasteiger partial charge in [-0.15, -0.1) is 0 Å². The van der Waals surface area contributed by atoms with E-state index in [0.29, 0.717) is 6.61 Å². The number of fused-ring (bicyclic) bond motifs is 1. The number of para-hydroxylation sites is 2. The Labute approximate surface area is 154 Å². The Bertz CT molecular complexity index is 900. The second-order valence-corrected chi connectivity index (χ2v) is 7.59. The number of ether oxygens (including phenoxy) is 2. The zero-order valence-electron chi connectivity index (χ0n) is 15.6. The highest BCUT2D eigenvalue weighted by Gasteiger charge is 2.39. The van der Waals surface area contributed by atoms with E-state index in [-0.39, 0.29) is 17.7 Å². The Kier molecular flexibility index (Phi) is 4.47. The fraction of sp³-hybridized carbons (Fsp3) is 0.364. The second-order valence-electron chi connectivity index (χ2n) is 7.59. The molecule has 1 aromatic heterocycles. The van der Waals surface area contributed by atoms with Crippen LogP contribution in [-0.2, 0) is 10.2 Å². The van der Waals surface area contributed by atoms with E-state index >= 15 is 0 Å². The van der Waals surface area contributed by atoms with Gasteiger partial charge in [-0.2, -0.15) is 0 Å². The van der Waals surface area contributed by atoms with E-state index in [2.05, 4.69) is 67.6 Å². The molecule has 0 amide bonds. The standard InChI is InChI=1S/C22H26N2O2/c1-15-8-4-7-11-20(15)25-14-16-12-24-21(26-16)22(2,3)18-13-23-19-10-6-5-9-17(18)19/h4-11,13,16,21,23-24H,12,14H2,1-3H3. The van der Waals surface area contributed by atoms with Crippen LogP contribution in [0.15, 0.2) is 54.7 Å². The van der Waals surface area contributed by atoms with Gasteiger partial charge in [0, 0.05) is 29.1 Å². The molecule has 4 rings (SSSR count). The maximum atomic E-state index is 6.31. The average molecular weight is 350 g/mol. The Morgan fingerprint density at radius 3 is 2.73 bits per heavy atom. The predicted molar refractivity (Wildman–Crippen MR) is 105 cm³/mol. The Morgan fingerprint density at radius 1 is 1.12 bits per heavy atom. The molecule has 26 heavy (non-hydrogen) atoms. The molecule has 4 nitrogen and oxygen atoms in total. The van der Waals surface area contributed by atoms with Gasteiger partial charge in [-0.3, -0.25) is 5.32 Å². The fourth-order valence-corrected chi connectivity index (χ4v) is 3.70. The maximum Gasteiger partial charge on any atom is 0.122 e. The Balaban J connectivity index is 1.45. The molecule has 0 radical (unpaired) electrons. The first-order valence-corrected chi connectivity index (χ1v) is 9.19. The summed E-state index contributed by atoms with van der Waals surface area (Å²) >= 11 is 0. The van der Waals surface area contributed by atoms with E-state index in [0.717, 1.165) is 23.4 Å². The third-order valence-electron chi connectivity index (χ3n) is 5.32. The number of hydrogen-bond donors (Lipinski definition) is 2. The highest BCUT2D eigenvalue weighted by atomic mass is 16.6. The Hall–Kier alpha value is -2.30. The number of aromatic nitrogens is 1. The monoisotopic (exact) mass is 350 g/mol. The molecule has 2 heterocycles. The van der Waals surface area contributed by atoms with Crippen molar-refractivity contribution in [3.63, 3.8) is 0 Å². The van der Waals surface area contributed by atoms with Crippen molar-refractivity contribution in [1.82, 2.24) is 10.3 Å². The lowest BCUT2D eigenvalue weighted by atomic mass is 9.82. The van der Waals surface area contributed by atoms with Gasteiger partial charge < -0.3 is 14.5 Å². The summed E-state index contributed by atoms with van der Waals surface area (Å²) in [6.07, 6.45) is 2.10. The van der Waals surface area contributed by atoms with Crippen LogP contribution in [0.2, 0.25) is 0 Å². The number of nitrogens with one attached hydrogen (secondary N) is 2. The molecule has 3 aromatic rings. The normalized spacial score (nSPS) is 20.6. The minimum Gasteiger partial charge on any atom is -0.491 e. The minimum absolute atomic E-state index is 0.0455. The van der Waals surface area contributed by atoms with Gasteiger partial charge >= 0.3 is 0 Å². The summed E-state index contributed by atoms with van der Waals surface area (Å²) < 4.78 is 12.3. The maximum absolute atomic E-state index is 6.31. The number of H-pyrrole nitrogens is 1. The number of aromatic amines is 1. The van der Waals surface area contributed by atoms with Crippen LogP contribution in [0.4, 0.5) is 0 Å². The quantitative estimate of drug-likeness (QED) is 0.727. The predicted octanol–water partition coefficient (Wildman–Crippen LogP) is 4.15. The molecular weight excluding hydrogens is 324 g/mol. The van der Waals surface area contributed by atoms with E-state index in [4.69, 9.17) is 9.47 Å². The third kappa shape index (κ3) is 3.11. The van der Waals surface area contributed by atoms with Crippen LogP contribution in [0.25, 0.3) is 10.9 Å². The molecule has 0 bridgehead atoms. The molecule has 0 saturated carbocycles. The lowest BCUT2D eigenvalue weighted by Gasteiger charge is -2.31. The summed E-state index contributed by atoms with van der Waals surface area (Å²) in [5.41, 5.74) is 3.42. The highest BCUT2D eigenvalue weighted by Crippen LogP contribution is 2.35. The number of rotatable bonds is 5. The lowest BCUT2D eigenvalue weighted by Crippen LogP contribution is -2.41. The molecule has 1 aliphatic heterocycles. The fourth-order valence-electron chi connectivity index (χ4n) is 3.70. The summed E-state index contributed by atoms with van der Waals surface area (Å²) in [5, 5.41) is 4.79. The summed E-state index contributed by atoms with van der Waals surface area (Å²) in [7, 11) is 0. The zero-order chi connectivity index (χ0) is 18.1. The molecule has 1 aliphatic rings. The first-order chi connectivity index (χ1) is 12.6. The molecular formula is C22H26N2O2. The second kappa shape index (κ2) is 6.78. The number of benzene rings is 2. The van der Waals surface area contributed by atoms with Gasteiger partial charge in [0.15, 0.2) is 0 Å². The average Bonchev–Trinajstić information content (AvgIpc) is 3.29. The third-order valence-corrected chi connectivity index (χ3v) is 5.32. The lowest BCUT2D eigenvalue weighted by molar-refractivity contribution is -0.0169. The van der Waals surface area contributed by atoms with E-state index in [1.807, 2.05) is 18.2 Å².